The third-order valence-electron chi connectivity index (χ3n) is 7.29. The molecule has 32 heavy (non-hydrogen) atoms. The Hall–Kier alpha value is -1.74. The van der Waals surface area contributed by atoms with Gasteiger partial charge in [0.15, 0.2) is 0 Å². The van der Waals surface area contributed by atoms with Gasteiger partial charge < -0.3 is 5.11 Å². The number of nitrogens with one attached hydrogen (secondary N) is 1. The lowest BCUT2D eigenvalue weighted by Gasteiger charge is -2.40. The van der Waals surface area contributed by atoms with E-state index in [2.05, 4.69) is 4.72 Å². The van der Waals surface area contributed by atoms with E-state index in [1.165, 1.54) is 6.07 Å². The van der Waals surface area contributed by atoms with Gasteiger partial charge in [0.2, 0.25) is 19.9 Å². The van der Waals surface area contributed by atoms with Crippen molar-refractivity contribution in [1.29, 1.82) is 0 Å². The molecule has 0 atom stereocenters. The Morgan fingerprint density at radius 1 is 1.00 bits per heavy atom. The van der Waals surface area contributed by atoms with Gasteiger partial charge in [-0.2, -0.15) is 0 Å². The van der Waals surface area contributed by atoms with Crippen LogP contribution < -0.4 is 4.72 Å². The van der Waals surface area contributed by atoms with Crippen molar-refractivity contribution >= 4 is 19.9 Å². The predicted octanol–water partition coefficient (Wildman–Crippen LogP) is 3.83. The summed E-state index contributed by atoms with van der Waals surface area (Å²) in [6.45, 7) is 5.81. The average Bonchev–Trinajstić information content (AvgIpc) is 2.76. The predicted molar refractivity (Wildman–Crippen MR) is 123 cm³/mol. The lowest BCUT2D eigenvalue weighted by Crippen LogP contribution is -2.39. The molecule has 0 aromatic heterocycles. The van der Waals surface area contributed by atoms with Gasteiger partial charge in [-0.1, -0.05) is 38.1 Å². The van der Waals surface area contributed by atoms with Crippen molar-refractivity contribution < 1.29 is 21.9 Å². The van der Waals surface area contributed by atoms with Gasteiger partial charge in [-0.15, -0.1) is 0 Å². The summed E-state index contributed by atoms with van der Waals surface area (Å²) in [6, 6.07) is 9.92. The molecule has 0 unspecified atom stereocenters. The highest BCUT2D eigenvalue weighted by Gasteiger charge is 2.45. The Morgan fingerprint density at radius 3 is 2.25 bits per heavy atom. The molecule has 0 spiro atoms. The molecule has 1 heterocycles. The summed E-state index contributed by atoms with van der Waals surface area (Å²) < 4.78 is 56.5. The molecule has 1 fully saturated rings. The van der Waals surface area contributed by atoms with Crippen LogP contribution in [0.2, 0.25) is 0 Å². The first-order valence-electron chi connectivity index (χ1n) is 11.3. The number of hydrogen-bond donors (Lipinski definition) is 2. The van der Waals surface area contributed by atoms with Gasteiger partial charge in [-0.3, -0.25) is 0 Å². The fourth-order valence-electron chi connectivity index (χ4n) is 5.40. The van der Waals surface area contributed by atoms with Crippen molar-refractivity contribution in [2.24, 2.45) is 0 Å². The number of benzene rings is 2. The molecule has 1 aliphatic heterocycles. The second kappa shape index (κ2) is 8.24. The van der Waals surface area contributed by atoms with Crippen molar-refractivity contribution in [2.75, 3.05) is 0 Å². The molecule has 8 heteroatoms. The van der Waals surface area contributed by atoms with Crippen LogP contribution >= 0.6 is 0 Å². The fraction of sp³-hybridized carbons (Fsp3) is 0.500. The highest BCUT2D eigenvalue weighted by atomic mass is 32.2. The van der Waals surface area contributed by atoms with E-state index < -0.39 is 25.3 Å². The summed E-state index contributed by atoms with van der Waals surface area (Å²) >= 11 is 0. The zero-order chi connectivity index (χ0) is 23.3. The number of fused-ring (bicyclic) bond motifs is 2. The van der Waals surface area contributed by atoms with Gasteiger partial charge in [0.1, 0.15) is 0 Å². The minimum atomic E-state index is -3.92. The van der Waals surface area contributed by atoms with Crippen LogP contribution in [0.5, 0.6) is 0 Å². The van der Waals surface area contributed by atoms with Gasteiger partial charge >= 0.3 is 0 Å². The number of hydrogen-bond acceptors (Lipinski definition) is 5. The van der Waals surface area contributed by atoms with Crippen molar-refractivity contribution in [2.45, 2.75) is 91.5 Å². The molecule has 6 nitrogen and oxygen atoms in total. The SMILES string of the molecule is CCC1(CC)c2ccccc2S(=O)(=O)c2cc(S(=O)(=O)NC3CCC(O)CC3)c(C)cc21. The zero-order valence-corrected chi connectivity index (χ0v) is 20.4. The zero-order valence-electron chi connectivity index (χ0n) is 18.8. The molecule has 174 valence electrons. The van der Waals surface area contributed by atoms with Gasteiger partial charge in [-0.25, -0.2) is 21.6 Å². The monoisotopic (exact) mass is 477 g/mol. The Bertz CT molecular complexity index is 1240. The first-order valence-corrected chi connectivity index (χ1v) is 14.2. The molecule has 2 aromatic carbocycles. The minimum Gasteiger partial charge on any atom is -0.393 e. The maximum atomic E-state index is 13.6. The summed E-state index contributed by atoms with van der Waals surface area (Å²) in [6.07, 6.45) is 3.25. The molecule has 1 aliphatic carbocycles. The fourth-order valence-corrected chi connectivity index (χ4v) is 8.90. The first kappa shape index (κ1) is 23.4. The molecule has 4 rings (SSSR count). The molecule has 1 saturated carbocycles. The van der Waals surface area contributed by atoms with Crippen molar-refractivity contribution in [3.8, 4) is 0 Å². The van der Waals surface area contributed by atoms with Gasteiger partial charge in [0.05, 0.1) is 20.8 Å². The molecular formula is C24H31NO5S2. The number of aliphatic hydroxyl groups excluding tert-OH is 1. The van der Waals surface area contributed by atoms with E-state index in [0.717, 1.165) is 5.56 Å². The van der Waals surface area contributed by atoms with Gasteiger partial charge in [0.25, 0.3) is 0 Å². The van der Waals surface area contributed by atoms with Crippen molar-refractivity contribution in [3.05, 3.63) is 53.1 Å². The smallest absolute Gasteiger partial charge is 0.241 e. The number of rotatable bonds is 5. The van der Waals surface area contributed by atoms with Crippen LogP contribution in [0, 0.1) is 6.92 Å². The van der Waals surface area contributed by atoms with E-state index >= 15 is 0 Å². The summed E-state index contributed by atoms with van der Waals surface area (Å²) in [5.74, 6) is 0. The van der Waals surface area contributed by atoms with Crippen LogP contribution in [0.15, 0.2) is 51.1 Å². The van der Waals surface area contributed by atoms with E-state index in [-0.39, 0.29) is 26.8 Å². The Kier molecular flexibility index (Phi) is 6.03. The van der Waals surface area contributed by atoms with Gasteiger partial charge in [0, 0.05) is 11.5 Å². The van der Waals surface area contributed by atoms with E-state index in [1.807, 2.05) is 26.0 Å². The Balaban J connectivity index is 1.87. The van der Waals surface area contributed by atoms with Crippen LogP contribution in [0.4, 0.5) is 0 Å². The standard InChI is InChI=1S/C24H31NO5S2/c1-4-24(5-2)19-8-6-7-9-21(19)31(27,28)23-15-22(16(3)14-20(23)24)32(29,30)25-17-10-12-18(26)13-11-17/h6-9,14-15,17-18,25-26H,4-5,10-13H2,1-3H3. The van der Waals surface area contributed by atoms with Crippen LogP contribution in [0.3, 0.4) is 0 Å². The van der Waals surface area contributed by atoms with Gasteiger partial charge in [-0.05, 0) is 74.3 Å². The normalized spacial score (nSPS) is 23.9. The molecule has 0 radical (unpaired) electrons. The summed E-state index contributed by atoms with van der Waals surface area (Å²) in [7, 11) is -7.77. The second-order valence-corrected chi connectivity index (χ2v) is 12.6. The third kappa shape index (κ3) is 3.61. The number of sulfone groups is 1. The third-order valence-corrected chi connectivity index (χ3v) is 10.8. The van der Waals surface area contributed by atoms with E-state index in [1.54, 1.807) is 25.1 Å². The highest BCUT2D eigenvalue weighted by molar-refractivity contribution is 7.92. The molecular weight excluding hydrogens is 446 g/mol. The van der Waals surface area contributed by atoms with E-state index in [4.69, 9.17) is 0 Å². The summed E-state index contributed by atoms with van der Waals surface area (Å²) in [5.41, 5.74) is 1.51. The molecule has 0 amide bonds. The molecule has 0 saturated heterocycles. The molecule has 2 N–H and O–H groups in total. The number of aryl methyl sites for hydroxylation is 1. The van der Waals surface area contributed by atoms with E-state index in [0.29, 0.717) is 49.7 Å². The average molecular weight is 478 g/mol. The number of aliphatic hydroxyl groups is 1. The minimum absolute atomic E-state index is 0.00596. The molecule has 2 aromatic rings. The summed E-state index contributed by atoms with van der Waals surface area (Å²) in [4.78, 5) is 0.356. The lowest BCUT2D eigenvalue weighted by atomic mass is 9.70. The van der Waals surface area contributed by atoms with Crippen LogP contribution in [-0.4, -0.2) is 34.1 Å². The summed E-state index contributed by atoms with van der Waals surface area (Å²) in [5, 5.41) is 9.71. The lowest BCUT2D eigenvalue weighted by molar-refractivity contribution is 0.120. The largest absolute Gasteiger partial charge is 0.393 e. The number of sulfonamides is 1. The maximum Gasteiger partial charge on any atom is 0.241 e. The van der Waals surface area contributed by atoms with Crippen molar-refractivity contribution in [1.82, 2.24) is 4.72 Å². The van der Waals surface area contributed by atoms with Crippen molar-refractivity contribution in [3.63, 3.8) is 0 Å². The van der Waals surface area contributed by atoms with Crippen LogP contribution in [0.1, 0.15) is 69.1 Å². The second-order valence-electron chi connectivity index (χ2n) is 9.03. The molecule has 0 bridgehead atoms. The van der Waals surface area contributed by atoms with Crippen LogP contribution in [-0.2, 0) is 25.3 Å². The first-order chi connectivity index (χ1) is 15.1. The quantitative estimate of drug-likeness (QED) is 0.682. The molecule has 2 aliphatic rings. The topological polar surface area (TPSA) is 101 Å². The van der Waals surface area contributed by atoms with E-state index in [9.17, 15) is 21.9 Å². The van der Waals surface area contributed by atoms with Crippen LogP contribution in [0.25, 0.3) is 0 Å². The highest BCUT2D eigenvalue weighted by Crippen LogP contribution is 2.50. The Labute approximate surface area is 191 Å². The Morgan fingerprint density at radius 2 is 1.62 bits per heavy atom. The maximum absolute atomic E-state index is 13.6.